The van der Waals surface area contributed by atoms with E-state index in [2.05, 4.69) is 9.58 Å². The molecule has 1 aromatic carbocycles. The number of carbonyl (C=O) groups is 1. The summed E-state index contributed by atoms with van der Waals surface area (Å²) in [5.74, 6) is -0.613. The molecule has 3 nitrogen and oxygen atoms in total. The molecular weight excluding hydrogens is 190 g/mol. The van der Waals surface area contributed by atoms with Crippen LogP contribution in [0.25, 0.3) is 4.85 Å². The Hall–Kier alpha value is -1.82. The van der Waals surface area contributed by atoms with E-state index >= 15 is 0 Å². The molecular formula is C12H13NO2. The predicted octanol–water partition coefficient (Wildman–Crippen LogP) is 2.25. The van der Waals surface area contributed by atoms with Gasteiger partial charge in [-0.05, 0) is 5.56 Å². The van der Waals surface area contributed by atoms with E-state index in [9.17, 15) is 4.79 Å². The third-order valence-electron chi connectivity index (χ3n) is 2.38. The van der Waals surface area contributed by atoms with Gasteiger partial charge in [0.15, 0.2) is 0 Å². The highest BCUT2D eigenvalue weighted by Gasteiger charge is 2.32. The van der Waals surface area contributed by atoms with E-state index in [4.69, 9.17) is 6.57 Å². The Balaban J connectivity index is 2.88. The number of hydrogen-bond donors (Lipinski definition) is 0. The first-order chi connectivity index (χ1) is 7.20. The minimum absolute atomic E-state index is 0.142. The lowest BCUT2D eigenvalue weighted by Crippen LogP contribution is -2.24. The van der Waals surface area contributed by atoms with Gasteiger partial charge >= 0.3 is 12.0 Å². The maximum atomic E-state index is 11.3. The average molecular weight is 203 g/mol. The Bertz CT molecular complexity index is 367. The molecule has 0 amide bonds. The van der Waals surface area contributed by atoms with Gasteiger partial charge in [-0.2, -0.15) is 0 Å². The van der Waals surface area contributed by atoms with Gasteiger partial charge in [-0.25, -0.2) is 11.4 Å². The van der Waals surface area contributed by atoms with Gasteiger partial charge in [0.05, 0.1) is 13.0 Å². The third kappa shape index (κ3) is 2.57. The van der Waals surface area contributed by atoms with Crippen LogP contribution in [-0.2, 0) is 9.53 Å². The largest absolute Gasteiger partial charge is 0.463 e. The van der Waals surface area contributed by atoms with Gasteiger partial charge in [-0.15, -0.1) is 0 Å². The lowest BCUT2D eigenvalue weighted by molar-refractivity contribution is -0.141. The highest BCUT2D eigenvalue weighted by atomic mass is 16.5. The number of nitrogens with zero attached hydrogens (tertiary/aromatic N) is 1. The summed E-state index contributed by atoms with van der Waals surface area (Å²) in [4.78, 5) is 14.6. The third-order valence-corrected chi connectivity index (χ3v) is 2.38. The Morgan fingerprint density at radius 1 is 1.40 bits per heavy atom. The standard InChI is InChI=1S/C12H13NO2/c1-9(10-7-5-4-6-8-10)11(13-2)12(14)15-3/h4-9,11H,1,3H3/t9-,11+/m1/s1. The quantitative estimate of drug-likeness (QED) is 0.557. The molecule has 0 aliphatic heterocycles. The fourth-order valence-electron chi connectivity index (χ4n) is 1.43. The van der Waals surface area contributed by atoms with Crippen molar-refractivity contribution in [3.05, 3.63) is 47.3 Å². The lowest BCUT2D eigenvalue weighted by Gasteiger charge is -2.12. The molecule has 0 heterocycles. The summed E-state index contributed by atoms with van der Waals surface area (Å²) in [7, 11) is 1.30. The zero-order valence-electron chi connectivity index (χ0n) is 8.81. The molecule has 0 aliphatic carbocycles. The van der Waals surface area contributed by atoms with Crippen molar-refractivity contribution in [2.75, 3.05) is 7.11 Å². The van der Waals surface area contributed by atoms with Crippen LogP contribution < -0.4 is 0 Å². The average Bonchev–Trinajstić information content (AvgIpc) is 2.30. The summed E-state index contributed by atoms with van der Waals surface area (Å²) in [6.07, 6.45) is 0. The monoisotopic (exact) mass is 203 g/mol. The summed E-state index contributed by atoms with van der Waals surface area (Å²) < 4.78 is 4.59. The summed E-state index contributed by atoms with van der Waals surface area (Å²) in [5.41, 5.74) is 0.976. The number of esters is 1. The second-order valence-corrected chi connectivity index (χ2v) is 3.30. The molecule has 0 bridgehead atoms. The van der Waals surface area contributed by atoms with E-state index < -0.39 is 12.0 Å². The molecule has 0 aromatic heterocycles. The normalized spacial score (nSPS) is 13.7. The van der Waals surface area contributed by atoms with Gasteiger partial charge in [-0.3, -0.25) is 0 Å². The van der Waals surface area contributed by atoms with Crippen LogP contribution in [0.3, 0.4) is 0 Å². The Labute approximate surface area is 89.5 Å². The van der Waals surface area contributed by atoms with Gasteiger partial charge in [0, 0.05) is 0 Å². The first kappa shape index (κ1) is 11.3. The van der Waals surface area contributed by atoms with Crippen molar-refractivity contribution in [2.24, 2.45) is 0 Å². The summed E-state index contributed by atoms with van der Waals surface area (Å²) >= 11 is 0. The molecule has 78 valence electrons. The molecule has 0 radical (unpaired) electrons. The second-order valence-electron chi connectivity index (χ2n) is 3.30. The Kier molecular flexibility index (Phi) is 3.87. The molecule has 0 spiro atoms. The van der Waals surface area contributed by atoms with Crippen molar-refractivity contribution >= 4 is 5.97 Å². The van der Waals surface area contributed by atoms with Crippen molar-refractivity contribution in [1.29, 1.82) is 0 Å². The van der Waals surface area contributed by atoms with Crippen LogP contribution in [0.1, 0.15) is 18.4 Å². The molecule has 0 N–H and O–H groups in total. The molecule has 15 heavy (non-hydrogen) atoms. The molecule has 2 atom stereocenters. The van der Waals surface area contributed by atoms with E-state index in [1.54, 1.807) is 0 Å². The van der Waals surface area contributed by atoms with Crippen LogP contribution in [-0.4, -0.2) is 19.1 Å². The van der Waals surface area contributed by atoms with E-state index in [0.717, 1.165) is 5.56 Å². The highest BCUT2D eigenvalue weighted by Crippen LogP contribution is 2.22. The molecule has 0 saturated carbocycles. The minimum Gasteiger partial charge on any atom is -0.463 e. The van der Waals surface area contributed by atoms with E-state index in [-0.39, 0.29) is 5.92 Å². The van der Waals surface area contributed by atoms with Crippen molar-refractivity contribution in [3.63, 3.8) is 0 Å². The number of methoxy groups -OCH3 is 1. The lowest BCUT2D eigenvalue weighted by atomic mass is 9.94. The molecule has 0 aliphatic rings. The molecule has 0 fully saturated rings. The molecule has 1 aromatic rings. The number of carbonyl (C=O) groups excluding carboxylic acids is 1. The zero-order valence-corrected chi connectivity index (χ0v) is 8.81. The molecule has 0 unspecified atom stereocenters. The first-order valence-corrected chi connectivity index (χ1v) is 4.70. The number of benzene rings is 1. The smallest absolute Gasteiger partial charge is 0.390 e. The fraction of sp³-hybridized carbons (Fsp3) is 0.333. The zero-order chi connectivity index (χ0) is 11.3. The molecule has 0 saturated heterocycles. The Morgan fingerprint density at radius 3 is 2.47 bits per heavy atom. The van der Waals surface area contributed by atoms with Crippen molar-refractivity contribution < 1.29 is 9.53 Å². The summed E-state index contributed by atoms with van der Waals surface area (Å²) in [5, 5.41) is 0. The highest BCUT2D eigenvalue weighted by molar-refractivity contribution is 5.78. The van der Waals surface area contributed by atoms with Crippen LogP contribution in [0.2, 0.25) is 0 Å². The predicted molar refractivity (Wildman–Crippen MR) is 57.3 cm³/mol. The van der Waals surface area contributed by atoms with Crippen molar-refractivity contribution in [2.45, 2.75) is 18.9 Å². The topological polar surface area (TPSA) is 30.7 Å². The number of ether oxygens (including phenoxy) is 1. The van der Waals surface area contributed by atoms with E-state index in [1.165, 1.54) is 7.11 Å². The van der Waals surface area contributed by atoms with Crippen LogP contribution in [0.5, 0.6) is 0 Å². The minimum atomic E-state index is -0.752. The Morgan fingerprint density at radius 2 is 2.00 bits per heavy atom. The number of hydrogen-bond acceptors (Lipinski definition) is 2. The molecule has 3 heteroatoms. The summed E-state index contributed by atoms with van der Waals surface area (Å²) in [6.45, 7) is 8.85. The fourth-order valence-corrected chi connectivity index (χ4v) is 1.43. The van der Waals surface area contributed by atoms with Gasteiger partial charge < -0.3 is 9.58 Å². The van der Waals surface area contributed by atoms with Crippen molar-refractivity contribution in [3.8, 4) is 0 Å². The number of rotatable bonds is 3. The summed E-state index contributed by atoms with van der Waals surface area (Å²) in [6, 6.07) is 8.75. The maximum absolute atomic E-state index is 11.3. The maximum Gasteiger partial charge on any atom is 0.390 e. The van der Waals surface area contributed by atoms with E-state index in [1.807, 2.05) is 37.3 Å². The SMILES string of the molecule is [C-]#[N+][C@H](C(=O)OC)[C@H](C)c1ccccc1. The van der Waals surface area contributed by atoms with Crippen LogP contribution in [0.4, 0.5) is 0 Å². The van der Waals surface area contributed by atoms with Crippen molar-refractivity contribution in [1.82, 2.24) is 0 Å². The van der Waals surface area contributed by atoms with Gasteiger partial charge in [0.25, 0.3) is 0 Å². The van der Waals surface area contributed by atoms with Gasteiger partial charge in [-0.1, -0.05) is 37.3 Å². The second kappa shape index (κ2) is 5.16. The molecule has 1 rings (SSSR count). The van der Waals surface area contributed by atoms with Crippen LogP contribution in [0.15, 0.2) is 30.3 Å². The van der Waals surface area contributed by atoms with E-state index in [0.29, 0.717) is 0 Å². The van der Waals surface area contributed by atoms with Crippen LogP contribution in [0, 0.1) is 6.57 Å². The first-order valence-electron chi connectivity index (χ1n) is 4.70. The van der Waals surface area contributed by atoms with Gasteiger partial charge in [0.1, 0.15) is 0 Å². The van der Waals surface area contributed by atoms with Crippen LogP contribution >= 0.6 is 0 Å². The van der Waals surface area contributed by atoms with Gasteiger partial charge in [0.2, 0.25) is 0 Å².